The summed E-state index contributed by atoms with van der Waals surface area (Å²) in [5.41, 5.74) is 8.24. The van der Waals surface area contributed by atoms with E-state index >= 15 is 0 Å². The second kappa shape index (κ2) is 9.08. The summed E-state index contributed by atoms with van der Waals surface area (Å²) in [7, 11) is 0. The van der Waals surface area contributed by atoms with E-state index in [1.807, 2.05) is 30.3 Å². The number of rotatable bonds is 7. The number of anilines is 4. The fourth-order valence-corrected chi connectivity index (χ4v) is 2.99. The molecule has 1 aliphatic heterocycles. The third kappa shape index (κ3) is 5.44. The molecule has 2 aromatic carbocycles. The highest BCUT2D eigenvalue weighted by atomic mass is 16.6. The van der Waals surface area contributed by atoms with Crippen molar-refractivity contribution < 1.29 is 19.1 Å². The molecule has 0 aliphatic carbocycles. The molecule has 0 unspecified atom stereocenters. The minimum absolute atomic E-state index is 0.00848. The lowest BCUT2D eigenvalue weighted by Crippen LogP contribution is -2.19. The molecule has 2 heterocycles. The number of amides is 1. The van der Waals surface area contributed by atoms with Gasteiger partial charge in [-0.15, -0.1) is 0 Å². The lowest BCUT2D eigenvalue weighted by molar-refractivity contribution is -0.147. The van der Waals surface area contributed by atoms with Crippen molar-refractivity contribution in [2.24, 2.45) is 0 Å². The van der Waals surface area contributed by atoms with E-state index in [0.29, 0.717) is 18.6 Å². The molecule has 31 heavy (non-hydrogen) atoms. The Morgan fingerprint density at radius 1 is 1.10 bits per heavy atom. The lowest BCUT2D eigenvalue weighted by atomic mass is 10.0. The van der Waals surface area contributed by atoms with E-state index in [-0.39, 0.29) is 36.8 Å². The van der Waals surface area contributed by atoms with Crippen molar-refractivity contribution >= 4 is 35.1 Å². The zero-order valence-electron chi connectivity index (χ0n) is 16.5. The van der Waals surface area contributed by atoms with Gasteiger partial charge in [0.2, 0.25) is 17.8 Å². The summed E-state index contributed by atoms with van der Waals surface area (Å²) in [6, 6.07) is 14.6. The van der Waals surface area contributed by atoms with E-state index in [4.69, 9.17) is 15.2 Å². The molecule has 0 atom stereocenters. The van der Waals surface area contributed by atoms with Gasteiger partial charge < -0.3 is 25.8 Å². The van der Waals surface area contributed by atoms with Crippen LogP contribution in [0.4, 0.5) is 23.3 Å². The molecule has 1 aliphatic rings. The zero-order chi connectivity index (χ0) is 21.6. The molecule has 0 fully saturated rings. The van der Waals surface area contributed by atoms with Gasteiger partial charge in [0.15, 0.2) is 19.0 Å². The maximum Gasteiger partial charge on any atom is 0.344 e. The van der Waals surface area contributed by atoms with Gasteiger partial charge in [-0.2, -0.15) is 15.0 Å². The SMILES string of the molecule is Nc1nc(COC(=O)COc2ccc3c(c2)CCC(=O)N3)nc(Nc2ccccc2)n1. The summed E-state index contributed by atoms with van der Waals surface area (Å²) < 4.78 is 10.7. The predicted octanol–water partition coefficient (Wildman–Crippen LogP) is 2.20. The number of nitrogens with zero attached hydrogens (tertiary/aromatic N) is 3. The number of hydrogen-bond donors (Lipinski definition) is 3. The average molecular weight is 420 g/mol. The van der Waals surface area contributed by atoms with E-state index in [9.17, 15) is 9.59 Å². The summed E-state index contributed by atoms with van der Waals surface area (Å²) >= 11 is 0. The molecule has 3 aromatic rings. The van der Waals surface area contributed by atoms with E-state index in [0.717, 1.165) is 16.9 Å². The van der Waals surface area contributed by atoms with Gasteiger partial charge in [0.1, 0.15) is 5.75 Å². The van der Waals surface area contributed by atoms with Crippen LogP contribution in [0, 0.1) is 0 Å². The minimum Gasteiger partial charge on any atom is -0.482 e. The van der Waals surface area contributed by atoms with Crippen LogP contribution in [0.2, 0.25) is 0 Å². The first-order chi connectivity index (χ1) is 15.0. The number of nitrogens with two attached hydrogens (primary N) is 1. The van der Waals surface area contributed by atoms with Crippen molar-refractivity contribution in [3.8, 4) is 5.75 Å². The number of carbonyl (C=O) groups is 2. The summed E-state index contributed by atoms with van der Waals surface area (Å²) in [5, 5.41) is 5.81. The Hall–Kier alpha value is -4.21. The van der Waals surface area contributed by atoms with E-state index in [1.165, 1.54) is 0 Å². The average Bonchev–Trinajstić information content (AvgIpc) is 2.76. The molecule has 158 valence electrons. The Kier molecular flexibility index (Phi) is 5.88. The lowest BCUT2D eigenvalue weighted by Gasteiger charge is -2.17. The Morgan fingerprint density at radius 2 is 1.94 bits per heavy atom. The van der Waals surface area contributed by atoms with Crippen molar-refractivity contribution in [2.75, 3.05) is 23.0 Å². The molecular weight excluding hydrogens is 400 g/mol. The molecule has 0 saturated heterocycles. The van der Waals surface area contributed by atoms with Crippen LogP contribution in [0.5, 0.6) is 5.75 Å². The van der Waals surface area contributed by atoms with Crippen molar-refractivity contribution in [1.29, 1.82) is 0 Å². The first-order valence-electron chi connectivity index (χ1n) is 9.59. The molecular formula is C21H20N6O4. The Morgan fingerprint density at radius 3 is 2.77 bits per heavy atom. The van der Waals surface area contributed by atoms with Gasteiger partial charge in [0.05, 0.1) is 0 Å². The number of aromatic nitrogens is 3. The smallest absolute Gasteiger partial charge is 0.344 e. The number of aryl methyl sites for hydroxylation is 1. The number of carbonyl (C=O) groups excluding carboxylic acids is 2. The quantitative estimate of drug-likeness (QED) is 0.490. The fraction of sp³-hybridized carbons (Fsp3) is 0.190. The van der Waals surface area contributed by atoms with Crippen molar-refractivity contribution in [2.45, 2.75) is 19.4 Å². The number of fused-ring (bicyclic) bond motifs is 1. The topological polar surface area (TPSA) is 141 Å². The predicted molar refractivity (Wildman–Crippen MR) is 113 cm³/mol. The molecule has 1 aromatic heterocycles. The zero-order valence-corrected chi connectivity index (χ0v) is 16.5. The second-order valence-electron chi connectivity index (χ2n) is 6.74. The summed E-state index contributed by atoms with van der Waals surface area (Å²) in [6.07, 6.45) is 1.05. The Balaban J connectivity index is 1.30. The van der Waals surface area contributed by atoms with Crippen LogP contribution in [0.3, 0.4) is 0 Å². The van der Waals surface area contributed by atoms with Gasteiger partial charge in [0.25, 0.3) is 0 Å². The molecule has 0 saturated carbocycles. The normalized spacial score (nSPS) is 12.5. The molecule has 0 radical (unpaired) electrons. The summed E-state index contributed by atoms with van der Waals surface area (Å²) in [6.45, 7) is -0.449. The van der Waals surface area contributed by atoms with Gasteiger partial charge in [0, 0.05) is 17.8 Å². The van der Waals surface area contributed by atoms with E-state index in [2.05, 4.69) is 25.6 Å². The van der Waals surface area contributed by atoms with Gasteiger partial charge >= 0.3 is 5.97 Å². The second-order valence-corrected chi connectivity index (χ2v) is 6.74. The highest BCUT2D eigenvalue weighted by Gasteiger charge is 2.16. The van der Waals surface area contributed by atoms with Crippen LogP contribution in [-0.2, 0) is 27.4 Å². The van der Waals surface area contributed by atoms with Crippen LogP contribution in [0.25, 0.3) is 0 Å². The van der Waals surface area contributed by atoms with Gasteiger partial charge in [-0.1, -0.05) is 18.2 Å². The first-order valence-corrected chi connectivity index (χ1v) is 9.59. The number of hydrogen-bond acceptors (Lipinski definition) is 9. The van der Waals surface area contributed by atoms with E-state index in [1.54, 1.807) is 18.2 Å². The number of nitrogens with one attached hydrogen (secondary N) is 2. The van der Waals surface area contributed by atoms with Crippen LogP contribution >= 0.6 is 0 Å². The van der Waals surface area contributed by atoms with Gasteiger partial charge in [-0.3, -0.25) is 4.79 Å². The third-order valence-corrected chi connectivity index (χ3v) is 4.42. The standard InChI is InChI=1S/C21H20N6O4/c22-20-25-17(26-21(27-20)23-14-4-2-1-3-5-14)11-31-19(29)12-30-15-7-8-16-13(10-15)6-9-18(28)24-16/h1-5,7-8,10H,6,9,11-12H2,(H,24,28)(H3,22,23,25,26,27). The molecule has 1 amide bonds. The van der Waals surface area contributed by atoms with Gasteiger partial charge in [-0.05, 0) is 42.3 Å². The number of esters is 1. The third-order valence-electron chi connectivity index (χ3n) is 4.42. The molecule has 10 heteroatoms. The molecule has 0 spiro atoms. The highest BCUT2D eigenvalue weighted by molar-refractivity contribution is 5.94. The molecule has 4 N–H and O–H groups in total. The number of nitrogen functional groups attached to an aromatic ring is 1. The first kappa shape index (κ1) is 20.1. The Bertz CT molecular complexity index is 1110. The van der Waals surface area contributed by atoms with Crippen molar-refractivity contribution in [1.82, 2.24) is 15.0 Å². The monoisotopic (exact) mass is 420 g/mol. The van der Waals surface area contributed by atoms with Crippen LogP contribution in [0.15, 0.2) is 48.5 Å². The molecule has 0 bridgehead atoms. The summed E-state index contributed by atoms with van der Waals surface area (Å²) in [4.78, 5) is 35.7. The van der Waals surface area contributed by atoms with Crippen molar-refractivity contribution in [3.63, 3.8) is 0 Å². The maximum absolute atomic E-state index is 12.1. The molecule has 10 nitrogen and oxygen atoms in total. The van der Waals surface area contributed by atoms with Crippen LogP contribution in [0.1, 0.15) is 17.8 Å². The Labute approximate surface area is 177 Å². The van der Waals surface area contributed by atoms with Crippen LogP contribution in [-0.4, -0.2) is 33.4 Å². The van der Waals surface area contributed by atoms with Crippen molar-refractivity contribution in [3.05, 3.63) is 59.9 Å². The van der Waals surface area contributed by atoms with Crippen LogP contribution < -0.4 is 21.1 Å². The van der Waals surface area contributed by atoms with Gasteiger partial charge in [-0.25, -0.2) is 4.79 Å². The fourth-order valence-electron chi connectivity index (χ4n) is 2.99. The molecule has 4 rings (SSSR count). The minimum atomic E-state index is -0.581. The maximum atomic E-state index is 12.1. The summed E-state index contributed by atoms with van der Waals surface area (Å²) in [5.74, 6) is 0.404. The number of ether oxygens (including phenoxy) is 2. The largest absolute Gasteiger partial charge is 0.482 e. The number of para-hydroxylation sites is 1. The highest BCUT2D eigenvalue weighted by Crippen LogP contribution is 2.26. The van der Waals surface area contributed by atoms with E-state index < -0.39 is 5.97 Å². The number of benzene rings is 2.